The molecule has 0 atom stereocenters. The van der Waals surface area contributed by atoms with E-state index in [2.05, 4.69) is 10.3 Å². The molecule has 0 saturated heterocycles. The number of carbonyl (C=O) groups is 1. The van der Waals surface area contributed by atoms with Crippen molar-refractivity contribution >= 4 is 38.7 Å². The summed E-state index contributed by atoms with van der Waals surface area (Å²) < 4.78 is 6.25. The van der Waals surface area contributed by atoms with E-state index in [1.807, 2.05) is 19.1 Å². The summed E-state index contributed by atoms with van der Waals surface area (Å²) in [5, 5.41) is 2.83. The molecule has 0 aliphatic carbocycles. The first-order valence-corrected chi connectivity index (χ1v) is 6.19. The molecule has 5 heteroatoms. The molecule has 1 aromatic carbocycles. The number of anilines is 1. The number of nitrogens with one attached hydrogen (secondary N) is 1. The Hall–Kier alpha value is -1.88. The van der Waals surface area contributed by atoms with Gasteiger partial charge in [-0.1, -0.05) is 0 Å². The molecule has 3 rings (SSSR count). The Morgan fingerprint density at radius 3 is 3.24 bits per heavy atom. The van der Waals surface area contributed by atoms with E-state index in [9.17, 15) is 4.79 Å². The molecule has 1 aliphatic rings. The van der Waals surface area contributed by atoms with Crippen molar-refractivity contribution in [1.29, 1.82) is 0 Å². The molecule has 1 aromatic heterocycles. The van der Waals surface area contributed by atoms with E-state index in [1.165, 1.54) is 17.6 Å². The quantitative estimate of drug-likeness (QED) is 0.654. The van der Waals surface area contributed by atoms with Gasteiger partial charge in [0.05, 0.1) is 39.9 Å². The van der Waals surface area contributed by atoms with Crippen LogP contribution in [-0.4, -0.2) is 17.5 Å². The van der Waals surface area contributed by atoms with Crippen LogP contribution >= 0.6 is 11.3 Å². The van der Waals surface area contributed by atoms with E-state index < -0.39 is 0 Å². The maximum absolute atomic E-state index is 11.8. The van der Waals surface area contributed by atoms with Gasteiger partial charge in [-0.25, -0.2) is 4.98 Å². The van der Waals surface area contributed by atoms with Crippen molar-refractivity contribution in [1.82, 2.24) is 4.98 Å². The zero-order valence-corrected chi connectivity index (χ0v) is 10.0. The number of ether oxygens (including phenoxy) is 1. The fourth-order valence-electron chi connectivity index (χ4n) is 1.88. The van der Waals surface area contributed by atoms with E-state index in [0.29, 0.717) is 12.2 Å². The van der Waals surface area contributed by atoms with Gasteiger partial charge in [-0.2, -0.15) is 0 Å². The van der Waals surface area contributed by atoms with E-state index in [-0.39, 0.29) is 5.91 Å². The fourth-order valence-corrected chi connectivity index (χ4v) is 2.73. The van der Waals surface area contributed by atoms with Gasteiger partial charge in [0, 0.05) is 5.56 Å². The number of carbonyl (C=O) groups excluding carboxylic acids is 1. The first-order valence-electron chi connectivity index (χ1n) is 5.31. The summed E-state index contributed by atoms with van der Waals surface area (Å²) in [6.45, 7) is 2.43. The van der Waals surface area contributed by atoms with Crippen molar-refractivity contribution in [2.24, 2.45) is 0 Å². The number of hydrogen-bond acceptors (Lipinski definition) is 4. The summed E-state index contributed by atoms with van der Waals surface area (Å²) in [5.41, 5.74) is 5.01. The van der Waals surface area contributed by atoms with E-state index >= 15 is 0 Å². The minimum atomic E-state index is -0.116. The number of thiazole rings is 1. The lowest BCUT2D eigenvalue weighted by Crippen LogP contribution is -2.04. The van der Waals surface area contributed by atoms with E-state index in [4.69, 9.17) is 4.74 Å². The van der Waals surface area contributed by atoms with Gasteiger partial charge in [-0.05, 0) is 19.1 Å². The third kappa shape index (κ3) is 1.51. The van der Waals surface area contributed by atoms with Crippen LogP contribution in [0.2, 0.25) is 0 Å². The highest BCUT2D eigenvalue weighted by Gasteiger charge is 2.27. The second kappa shape index (κ2) is 3.85. The number of rotatable bonds is 2. The number of benzene rings is 1. The topological polar surface area (TPSA) is 51.2 Å². The van der Waals surface area contributed by atoms with Crippen LogP contribution in [0.3, 0.4) is 0 Å². The molecule has 86 valence electrons. The normalized spacial score (nSPS) is 16.3. The maximum atomic E-state index is 11.8. The molecule has 4 nitrogen and oxygen atoms in total. The largest absolute Gasteiger partial charge is 0.501 e. The molecule has 0 unspecified atom stereocenters. The molecular formula is C12H10N2O2S. The van der Waals surface area contributed by atoms with Gasteiger partial charge in [-0.15, -0.1) is 11.3 Å². The Morgan fingerprint density at radius 2 is 2.41 bits per heavy atom. The Balaban J connectivity index is 2.24. The van der Waals surface area contributed by atoms with Gasteiger partial charge >= 0.3 is 0 Å². The van der Waals surface area contributed by atoms with E-state index in [1.54, 1.807) is 5.51 Å². The molecule has 1 amide bonds. The number of hydrogen-bond donors (Lipinski definition) is 1. The summed E-state index contributed by atoms with van der Waals surface area (Å²) in [5.74, 6) is -0.116. The Bertz CT molecular complexity index is 630. The number of fused-ring (bicyclic) bond motifs is 3. The van der Waals surface area contributed by atoms with Gasteiger partial charge < -0.3 is 10.1 Å². The fraction of sp³-hybridized carbons (Fsp3) is 0.167. The second-order valence-corrected chi connectivity index (χ2v) is 4.48. The van der Waals surface area contributed by atoms with Crippen molar-refractivity contribution in [3.63, 3.8) is 0 Å². The van der Waals surface area contributed by atoms with Crippen LogP contribution in [0.15, 0.2) is 23.9 Å². The van der Waals surface area contributed by atoms with Crippen LogP contribution < -0.4 is 5.32 Å². The van der Waals surface area contributed by atoms with Crippen molar-refractivity contribution in [3.05, 3.63) is 29.5 Å². The predicted octanol–water partition coefficient (Wildman–Crippen LogP) is 2.63. The third-order valence-electron chi connectivity index (χ3n) is 2.63. The van der Waals surface area contributed by atoms with Gasteiger partial charge in [0.2, 0.25) is 0 Å². The molecule has 0 spiro atoms. The molecule has 0 radical (unpaired) electrons. The molecule has 1 N–H and O–H groups in total. The lowest BCUT2D eigenvalue weighted by molar-refractivity contribution is -0.110. The molecular weight excluding hydrogens is 236 g/mol. The highest BCUT2D eigenvalue weighted by Crippen LogP contribution is 2.39. The van der Waals surface area contributed by atoms with Crippen molar-refractivity contribution < 1.29 is 9.53 Å². The molecule has 1 aliphatic heterocycles. The van der Waals surface area contributed by atoms with Crippen LogP contribution in [0, 0.1) is 0 Å². The van der Waals surface area contributed by atoms with Crippen molar-refractivity contribution in [2.75, 3.05) is 11.9 Å². The zero-order chi connectivity index (χ0) is 11.8. The standard InChI is InChI=1S/C12H10N2O2S/c1-2-16-5-7-10-8(14-12(7)15)3-4-9-11(10)17-6-13-9/h3-6H,2H2,1H3,(H,14,15)/b7-5-. The first kappa shape index (κ1) is 10.3. The minimum Gasteiger partial charge on any atom is -0.501 e. The Kier molecular flexibility index (Phi) is 2.33. The number of nitrogens with zero attached hydrogens (tertiary/aromatic N) is 1. The molecule has 2 aromatic rings. The second-order valence-electron chi connectivity index (χ2n) is 3.63. The molecule has 0 bridgehead atoms. The predicted molar refractivity (Wildman–Crippen MR) is 67.9 cm³/mol. The number of amides is 1. The van der Waals surface area contributed by atoms with Gasteiger partial charge in [-0.3, -0.25) is 4.79 Å². The molecule has 2 heterocycles. The van der Waals surface area contributed by atoms with Gasteiger partial charge in [0.15, 0.2) is 0 Å². The monoisotopic (exact) mass is 246 g/mol. The van der Waals surface area contributed by atoms with Crippen LogP contribution in [0.4, 0.5) is 5.69 Å². The Labute approximate surface area is 102 Å². The van der Waals surface area contributed by atoms with E-state index in [0.717, 1.165) is 21.5 Å². The molecule has 17 heavy (non-hydrogen) atoms. The summed E-state index contributed by atoms with van der Waals surface area (Å²) in [7, 11) is 0. The smallest absolute Gasteiger partial charge is 0.259 e. The lowest BCUT2D eigenvalue weighted by atomic mass is 10.1. The van der Waals surface area contributed by atoms with Crippen LogP contribution in [-0.2, 0) is 9.53 Å². The first-order chi connectivity index (χ1) is 8.31. The zero-order valence-electron chi connectivity index (χ0n) is 9.19. The van der Waals surface area contributed by atoms with Crippen molar-refractivity contribution in [2.45, 2.75) is 6.92 Å². The van der Waals surface area contributed by atoms with Crippen LogP contribution in [0.25, 0.3) is 15.8 Å². The maximum Gasteiger partial charge on any atom is 0.259 e. The average Bonchev–Trinajstić information content (AvgIpc) is 2.89. The summed E-state index contributed by atoms with van der Waals surface area (Å²) in [6, 6.07) is 3.79. The lowest BCUT2D eigenvalue weighted by Gasteiger charge is -2.00. The number of aromatic nitrogens is 1. The average molecular weight is 246 g/mol. The SMILES string of the molecule is CCO/C=C1\C(=O)Nc2ccc3ncsc3c21. The summed E-state index contributed by atoms with van der Waals surface area (Å²) in [4.78, 5) is 16.1. The minimum absolute atomic E-state index is 0.116. The van der Waals surface area contributed by atoms with Gasteiger partial charge in [0.1, 0.15) is 0 Å². The Morgan fingerprint density at radius 1 is 1.53 bits per heavy atom. The molecule has 0 saturated carbocycles. The highest BCUT2D eigenvalue weighted by atomic mass is 32.1. The van der Waals surface area contributed by atoms with Gasteiger partial charge in [0.25, 0.3) is 5.91 Å². The van der Waals surface area contributed by atoms with Crippen molar-refractivity contribution in [3.8, 4) is 0 Å². The highest BCUT2D eigenvalue weighted by molar-refractivity contribution is 7.17. The van der Waals surface area contributed by atoms with Crippen LogP contribution in [0.1, 0.15) is 12.5 Å². The van der Waals surface area contributed by atoms with Crippen LogP contribution in [0.5, 0.6) is 0 Å². The summed E-state index contributed by atoms with van der Waals surface area (Å²) in [6.07, 6.45) is 1.53. The third-order valence-corrected chi connectivity index (χ3v) is 3.49. The summed E-state index contributed by atoms with van der Waals surface area (Å²) >= 11 is 1.53. The molecule has 0 fully saturated rings.